The van der Waals surface area contributed by atoms with E-state index >= 15 is 0 Å². The Hall–Kier alpha value is -0.860. The molecule has 2 unspecified atom stereocenters. The van der Waals surface area contributed by atoms with Crippen molar-refractivity contribution in [1.29, 1.82) is 0 Å². The number of ether oxygens (including phenoxy) is 2. The molecule has 0 rings (SSSR count). The van der Waals surface area contributed by atoms with Crippen LogP contribution in [0.1, 0.15) is 81.1 Å². The lowest BCUT2D eigenvalue weighted by molar-refractivity contribution is -0.233. The van der Waals surface area contributed by atoms with Crippen LogP contribution < -0.4 is 0 Å². The first-order valence-electron chi connectivity index (χ1n) is 9.06. The van der Waals surface area contributed by atoms with Gasteiger partial charge in [-0.05, 0) is 73.3 Å². The molecular formula is C21H38O2. The Bertz CT molecular complexity index is 388. The summed E-state index contributed by atoms with van der Waals surface area (Å²) in [6.45, 7) is 16.9. The highest BCUT2D eigenvalue weighted by molar-refractivity contribution is 5.14. The molecule has 0 aromatic carbocycles. The Morgan fingerprint density at radius 2 is 1.52 bits per heavy atom. The second-order valence-corrected chi connectivity index (χ2v) is 6.88. The summed E-state index contributed by atoms with van der Waals surface area (Å²) >= 11 is 0. The molecule has 0 fully saturated rings. The average molecular weight is 323 g/mol. The van der Waals surface area contributed by atoms with Crippen LogP contribution in [0, 0.1) is 0 Å². The fourth-order valence-corrected chi connectivity index (χ4v) is 2.13. The normalized spacial score (nSPS) is 17.8. The first-order chi connectivity index (χ1) is 10.7. The molecule has 0 saturated heterocycles. The van der Waals surface area contributed by atoms with Crippen molar-refractivity contribution < 1.29 is 9.47 Å². The number of allylic oxidation sites excluding steroid dienone is 5. The zero-order chi connectivity index (χ0) is 17.9. The van der Waals surface area contributed by atoms with Gasteiger partial charge in [0, 0.05) is 0 Å². The second-order valence-electron chi connectivity index (χ2n) is 6.88. The highest BCUT2D eigenvalue weighted by Gasteiger charge is 2.26. The molecule has 0 aliphatic carbocycles. The van der Waals surface area contributed by atoms with Gasteiger partial charge in [0.25, 0.3) is 0 Å². The van der Waals surface area contributed by atoms with Gasteiger partial charge in [0.2, 0.25) is 0 Å². The van der Waals surface area contributed by atoms with Crippen LogP contribution in [0.2, 0.25) is 0 Å². The lowest BCUT2D eigenvalue weighted by atomic mass is 10.1. The first kappa shape index (κ1) is 22.1. The van der Waals surface area contributed by atoms with Crippen LogP contribution in [0.25, 0.3) is 0 Å². The predicted molar refractivity (Wildman–Crippen MR) is 102 cm³/mol. The summed E-state index contributed by atoms with van der Waals surface area (Å²) in [5, 5.41) is 0. The number of hydrogen-bond acceptors (Lipinski definition) is 2. The SMILES string of the molecule is CCC(C)OC(C)(C=CC=C(C)CCC=C(C)C)OC(C)CC. The van der Waals surface area contributed by atoms with Crippen LogP contribution in [0.3, 0.4) is 0 Å². The zero-order valence-corrected chi connectivity index (χ0v) is 16.6. The van der Waals surface area contributed by atoms with Crippen molar-refractivity contribution in [2.45, 2.75) is 99.1 Å². The molecule has 2 atom stereocenters. The Kier molecular flexibility index (Phi) is 11.2. The van der Waals surface area contributed by atoms with E-state index in [9.17, 15) is 0 Å². The Balaban J connectivity index is 4.81. The molecule has 23 heavy (non-hydrogen) atoms. The van der Waals surface area contributed by atoms with Gasteiger partial charge in [-0.15, -0.1) is 0 Å². The van der Waals surface area contributed by atoms with Crippen molar-refractivity contribution in [3.05, 3.63) is 35.5 Å². The third-order valence-corrected chi connectivity index (χ3v) is 3.89. The smallest absolute Gasteiger partial charge is 0.185 e. The largest absolute Gasteiger partial charge is 0.344 e. The molecule has 2 nitrogen and oxygen atoms in total. The molecule has 0 aromatic rings. The predicted octanol–water partition coefficient (Wildman–Crippen LogP) is 6.58. The van der Waals surface area contributed by atoms with Crippen molar-refractivity contribution >= 4 is 0 Å². The van der Waals surface area contributed by atoms with Gasteiger partial charge in [-0.2, -0.15) is 0 Å². The van der Waals surface area contributed by atoms with Crippen LogP contribution >= 0.6 is 0 Å². The van der Waals surface area contributed by atoms with E-state index in [-0.39, 0.29) is 12.2 Å². The maximum absolute atomic E-state index is 6.11. The Morgan fingerprint density at radius 3 is 1.96 bits per heavy atom. The van der Waals surface area contributed by atoms with Gasteiger partial charge in [-0.1, -0.05) is 43.2 Å². The highest BCUT2D eigenvalue weighted by atomic mass is 16.7. The fraction of sp³-hybridized carbons (Fsp3) is 0.714. The maximum atomic E-state index is 6.11. The summed E-state index contributed by atoms with van der Waals surface area (Å²) in [6.07, 6.45) is 13.1. The fourth-order valence-electron chi connectivity index (χ4n) is 2.13. The van der Waals surface area contributed by atoms with Crippen molar-refractivity contribution in [2.75, 3.05) is 0 Å². The molecule has 0 aliphatic heterocycles. The summed E-state index contributed by atoms with van der Waals surface area (Å²) in [4.78, 5) is 0. The molecule has 0 heterocycles. The minimum Gasteiger partial charge on any atom is -0.344 e. The third-order valence-electron chi connectivity index (χ3n) is 3.89. The summed E-state index contributed by atoms with van der Waals surface area (Å²) in [5.41, 5.74) is 2.75. The summed E-state index contributed by atoms with van der Waals surface area (Å²) in [7, 11) is 0. The topological polar surface area (TPSA) is 18.5 Å². The molecule has 0 spiro atoms. The van der Waals surface area contributed by atoms with Crippen molar-refractivity contribution in [2.24, 2.45) is 0 Å². The standard InChI is InChI=1S/C21H38O2/c1-9-19(6)22-21(8,23-20(7)10-2)16-12-15-18(5)14-11-13-17(3)4/h12-13,15-16,19-20H,9-11,14H2,1-8H3. The lowest BCUT2D eigenvalue weighted by Gasteiger charge is -2.32. The van der Waals surface area contributed by atoms with Gasteiger partial charge in [0.15, 0.2) is 5.79 Å². The van der Waals surface area contributed by atoms with Crippen molar-refractivity contribution in [1.82, 2.24) is 0 Å². The highest BCUT2D eigenvalue weighted by Crippen LogP contribution is 2.22. The zero-order valence-electron chi connectivity index (χ0n) is 16.6. The van der Waals surface area contributed by atoms with Crippen LogP contribution in [-0.2, 0) is 9.47 Å². The molecule has 0 aliphatic rings. The van der Waals surface area contributed by atoms with E-state index in [1.807, 2.05) is 13.0 Å². The molecular weight excluding hydrogens is 284 g/mol. The molecule has 0 radical (unpaired) electrons. The monoisotopic (exact) mass is 322 g/mol. The lowest BCUT2D eigenvalue weighted by Crippen LogP contribution is -2.36. The summed E-state index contributed by atoms with van der Waals surface area (Å²) in [5.74, 6) is -0.665. The van der Waals surface area contributed by atoms with Gasteiger partial charge in [-0.25, -0.2) is 0 Å². The average Bonchev–Trinajstić information content (AvgIpc) is 2.46. The van der Waals surface area contributed by atoms with E-state index in [1.54, 1.807) is 0 Å². The molecule has 0 N–H and O–H groups in total. The van der Waals surface area contributed by atoms with Crippen LogP contribution in [0.4, 0.5) is 0 Å². The van der Waals surface area contributed by atoms with E-state index in [4.69, 9.17) is 9.47 Å². The van der Waals surface area contributed by atoms with Crippen LogP contribution in [0.15, 0.2) is 35.5 Å². The van der Waals surface area contributed by atoms with Gasteiger partial charge < -0.3 is 9.47 Å². The molecule has 0 aromatic heterocycles. The van der Waals surface area contributed by atoms with Gasteiger partial charge in [-0.3, -0.25) is 0 Å². The van der Waals surface area contributed by atoms with E-state index in [1.165, 1.54) is 11.1 Å². The van der Waals surface area contributed by atoms with E-state index in [0.29, 0.717) is 0 Å². The van der Waals surface area contributed by atoms with Crippen molar-refractivity contribution in [3.63, 3.8) is 0 Å². The molecule has 134 valence electrons. The Labute approximate surface area is 144 Å². The number of hydrogen-bond donors (Lipinski definition) is 0. The minimum atomic E-state index is -0.665. The summed E-state index contributed by atoms with van der Waals surface area (Å²) < 4.78 is 12.2. The quantitative estimate of drug-likeness (QED) is 0.243. The molecule has 2 heteroatoms. The Morgan fingerprint density at radius 1 is 1.00 bits per heavy atom. The van der Waals surface area contributed by atoms with E-state index in [2.05, 4.69) is 66.7 Å². The molecule has 0 saturated carbocycles. The van der Waals surface area contributed by atoms with E-state index < -0.39 is 5.79 Å². The van der Waals surface area contributed by atoms with Gasteiger partial charge in [0.1, 0.15) is 0 Å². The van der Waals surface area contributed by atoms with E-state index in [0.717, 1.165) is 25.7 Å². The van der Waals surface area contributed by atoms with Crippen molar-refractivity contribution in [3.8, 4) is 0 Å². The first-order valence-corrected chi connectivity index (χ1v) is 9.06. The summed E-state index contributed by atoms with van der Waals surface area (Å²) in [6, 6.07) is 0. The van der Waals surface area contributed by atoms with Gasteiger partial charge >= 0.3 is 0 Å². The maximum Gasteiger partial charge on any atom is 0.185 e. The third kappa shape index (κ3) is 11.3. The molecule has 0 amide bonds. The number of rotatable bonds is 11. The molecule has 0 bridgehead atoms. The van der Waals surface area contributed by atoms with Crippen LogP contribution in [-0.4, -0.2) is 18.0 Å². The second kappa shape index (κ2) is 11.6. The minimum absolute atomic E-state index is 0.177. The van der Waals surface area contributed by atoms with Crippen LogP contribution in [0.5, 0.6) is 0 Å². The van der Waals surface area contributed by atoms with Gasteiger partial charge in [0.05, 0.1) is 12.2 Å².